The van der Waals surface area contributed by atoms with E-state index in [1.165, 1.54) is 6.08 Å². The molecule has 3 rings (SSSR count). The van der Waals surface area contributed by atoms with Crippen molar-refractivity contribution in [3.63, 3.8) is 0 Å². The van der Waals surface area contributed by atoms with Crippen molar-refractivity contribution in [3.05, 3.63) is 77.0 Å². The standard InChI is InChI=1S/C23H20N6/c1-16-13-19(5-4-11-24)14-17(2)22(16)29(3)21-10-12-26-23(28-21)27-20-8-6-18(15-25)7-9-20/h4-10,12-14H,1-3H3,(H,26,27,28)/b5-4+. The van der Waals surface area contributed by atoms with E-state index in [0.29, 0.717) is 11.5 Å². The van der Waals surface area contributed by atoms with Crippen LogP contribution < -0.4 is 10.2 Å². The second-order valence-corrected chi connectivity index (χ2v) is 6.58. The summed E-state index contributed by atoms with van der Waals surface area (Å²) in [6.45, 7) is 4.08. The summed E-state index contributed by atoms with van der Waals surface area (Å²) < 4.78 is 0. The Balaban J connectivity index is 1.87. The maximum Gasteiger partial charge on any atom is 0.229 e. The molecule has 6 heteroatoms. The average molecular weight is 380 g/mol. The van der Waals surface area contributed by atoms with E-state index in [-0.39, 0.29) is 0 Å². The molecule has 0 saturated carbocycles. The van der Waals surface area contributed by atoms with E-state index in [2.05, 4.69) is 21.4 Å². The molecule has 142 valence electrons. The lowest BCUT2D eigenvalue weighted by atomic mass is 10.0. The molecule has 2 aromatic carbocycles. The predicted molar refractivity (Wildman–Crippen MR) is 115 cm³/mol. The van der Waals surface area contributed by atoms with Gasteiger partial charge in [-0.05, 0) is 79.1 Å². The van der Waals surface area contributed by atoms with Gasteiger partial charge in [0.15, 0.2) is 0 Å². The number of nitriles is 2. The number of aromatic nitrogens is 2. The van der Waals surface area contributed by atoms with Crippen LogP contribution >= 0.6 is 0 Å². The molecule has 1 aromatic heterocycles. The molecule has 0 atom stereocenters. The minimum atomic E-state index is 0.475. The van der Waals surface area contributed by atoms with Gasteiger partial charge in [0, 0.05) is 30.7 Å². The van der Waals surface area contributed by atoms with Crippen molar-refractivity contribution in [3.8, 4) is 12.1 Å². The van der Waals surface area contributed by atoms with Crippen LogP contribution in [0.4, 0.5) is 23.1 Å². The third-order valence-electron chi connectivity index (χ3n) is 4.45. The van der Waals surface area contributed by atoms with E-state index >= 15 is 0 Å². The van der Waals surface area contributed by atoms with E-state index < -0.39 is 0 Å². The highest BCUT2D eigenvalue weighted by Gasteiger charge is 2.13. The molecule has 0 saturated heterocycles. The number of rotatable bonds is 5. The van der Waals surface area contributed by atoms with Crippen LogP contribution in [0.25, 0.3) is 6.08 Å². The first-order valence-electron chi connectivity index (χ1n) is 9.03. The molecule has 6 nitrogen and oxygen atoms in total. The van der Waals surface area contributed by atoms with Crippen molar-refractivity contribution in [1.82, 2.24) is 9.97 Å². The maximum absolute atomic E-state index is 8.91. The number of nitrogens with zero attached hydrogens (tertiary/aromatic N) is 5. The quantitative estimate of drug-likeness (QED) is 0.626. The Hall–Kier alpha value is -4.16. The smallest absolute Gasteiger partial charge is 0.229 e. The second-order valence-electron chi connectivity index (χ2n) is 6.58. The van der Waals surface area contributed by atoms with Gasteiger partial charge in [-0.25, -0.2) is 4.98 Å². The molecule has 1 heterocycles. The summed E-state index contributed by atoms with van der Waals surface area (Å²) in [5, 5.41) is 20.8. The molecule has 0 spiro atoms. The highest BCUT2D eigenvalue weighted by molar-refractivity contribution is 5.71. The van der Waals surface area contributed by atoms with E-state index in [1.807, 2.05) is 62.2 Å². The van der Waals surface area contributed by atoms with Gasteiger partial charge in [0.2, 0.25) is 5.95 Å². The van der Waals surface area contributed by atoms with Gasteiger partial charge in [0.05, 0.1) is 17.7 Å². The fourth-order valence-electron chi connectivity index (χ4n) is 3.22. The largest absolute Gasteiger partial charge is 0.329 e. The van der Waals surface area contributed by atoms with Gasteiger partial charge in [-0.2, -0.15) is 15.5 Å². The van der Waals surface area contributed by atoms with Gasteiger partial charge in [-0.3, -0.25) is 0 Å². The lowest BCUT2D eigenvalue weighted by Gasteiger charge is -2.23. The topological polar surface area (TPSA) is 88.6 Å². The van der Waals surface area contributed by atoms with Crippen LogP contribution in [0.15, 0.2) is 54.7 Å². The fraction of sp³-hybridized carbons (Fsp3) is 0.130. The highest BCUT2D eigenvalue weighted by Crippen LogP contribution is 2.31. The lowest BCUT2D eigenvalue weighted by molar-refractivity contribution is 1.07. The van der Waals surface area contributed by atoms with Gasteiger partial charge < -0.3 is 10.2 Å². The van der Waals surface area contributed by atoms with Crippen molar-refractivity contribution in [2.45, 2.75) is 13.8 Å². The van der Waals surface area contributed by atoms with Gasteiger partial charge in [-0.15, -0.1) is 0 Å². The molecule has 0 aliphatic rings. The summed E-state index contributed by atoms with van der Waals surface area (Å²) in [7, 11) is 1.97. The molecule has 0 aliphatic carbocycles. The zero-order valence-electron chi connectivity index (χ0n) is 16.5. The van der Waals surface area contributed by atoms with Gasteiger partial charge in [0.25, 0.3) is 0 Å². The summed E-state index contributed by atoms with van der Waals surface area (Å²) in [6.07, 6.45) is 4.98. The average Bonchev–Trinajstić information content (AvgIpc) is 2.72. The number of aryl methyl sites for hydroxylation is 2. The summed E-state index contributed by atoms with van der Waals surface area (Å²) in [5.41, 5.74) is 5.64. The van der Waals surface area contributed by atoms with E-state index in [0.717, 1.165) is 33.9 Å². The van der Waals surface area contributed by atoms with E-state index in [1.54, 1.807) is 24.4 Å². The lowest BCUT2D eigenvalue weighted by Crippen LogP contribution is -2.15. The molecular formula is C23H20N6. The summed E-state index contributed by atoms with van der Waals surface area (Å²) >= 11 is 0. The third-order valence-corrected chi connectivity index (χ3v) is 4.45. The second kappa shape index (κ2) is 8.69. The van der Waals surface area contributed by atoms with Crippen LogP contribution in [0.1, 0.15) is 22.3 Å². The first-order chi connectivity index (χ1) is 14.0. The van der Waals surface area contributed by atoms with Gasteiger partial charge in [0.1, 0.15) is 5.82 Å². The predicted octanol–water partition coefficient (Wildman–Crippen LogP) is 5.01. The summed E-state index contributed by atoms with van der Waals surface area (Å²) in [5.74, 6) is 1.23. The van der Waals surface area contributed by atoms with Crippen LogP contribution in [0.2, 0.25) is 0 Å². The fourth-order valence-corrected chi connectivity index (χ4v) is 3.22. The summed E-state index contributed by atoms with van der Waals surface area (Å²) in [6, 6.07) is 17.2. The van der Waals surface area contributed by atoms with Crippen molar-refractivity contribution in [1.29, 1.82) is 10.5 Å². The molecule has 1 N–H and O–H groups in total. The monoisotopic (exact) mass is 380 g/mol. The Bertz CT molecular complexity index is 1110. The van der Waals surface area contributed by atoms with E-state index in [9.17, 15) is 0 Å². The summed E-state index contributed by atoms with van der Waals surface area (Å²) in [4.78, 5) is 10.9. The Morgan fingerprint density at radius 3 is 2.34 bits per heavy atom. The molecule has 29 heavy (non-hydrogen) atoms. The van der Waals surface area contributed by atoms with Gasteiger partial charge >= 0.3 is 0 Å². The Kier molecular flexibility index (Phi) is 5.87. The van der Waals surface area contributed by atoms with Crippen molar-refractivity contribution >= 4 is 29.2 Å². The molecule has 0 radical (unpaired) electrons. The third kappa shape index (κ3) is 4.58. The number of hydrogen-bond donors (Lipinski definition) is 1. The molecule has 0 amide bonds. The van der Waals surface area contributed by atoms with Crippen LogP contribution in [0.3, 0.4) is 0 Å². The first kappa shape index (κ1) is 19.6. The number of anilines is 4. The van der Waals surface area contributed by atoms with Crippen LogP contribution in [-0.2, 0) is 0 Å². The molecule has 0 fully saturated rings. The van der Waals surface area contributed by atoms with E-state index in [4.69, 9.17) is 10.5 Å². The van der Waals surface area contributed by atoms with Crippen LogP contribution in [0, 0.1) is 36.5 Å². The normalized spacial score (nSPS) is 10.4. The first-order valence-corrected chi connectivity index (χ1v) is 9.03. The van der Waals surface area contributed by atoms with Crippen molar-refractivity contribution in [2.24, 2.45) is 0 Å². The van der Waals surface area contributed by atoms with Crippen molar-refractivity contribution in [2.75, 3.05) is 17.3 Å². The number of allylic oxidation sites excluding steroid dienone is 1. The number of hydrogen-bond acceptors (Lipinski definition) is 6. The van der Waals surface area contributed by atoms with Crippen LogP contribution in [0.5, 0.6) is 0 Å². The Labute approximate surface area is 170 Å². The zero-order valence-corrected chi connectivity index (χ0v) is 16.5. The number of benzene rings is 2. The Morgan fingerprint density at radius 1 is 1.03 bits per heavy atom. The number of nitrogens with one attached hydrogen (secondary N) is 1. The molecule has 0 bridgehead atoms. The van der Waals surface area contributed by atoms with Crippen molar-refractivity contribution < 1.29 is 0 Å². The van der Waals surface area contributed by atoms with Crippen LogP contribution in [-0.4, -0.2) is 17.0 Å². The molecular weight excluding hydrogens is 360 g/mol. The Morgan fingerprint density at radius 2 is 1.72 bits per heavy atom. The SMILES string of the molecule is Cc1cc(/C=C/C#N)cc(C)c1N(C)c1ccnc(Nc2ccc(C#N)cc2)n1. The molecule has 0 unspecified atom stereocenters. The minimum absolute atomic E-state index is 0.475. The maximum atomic E-state index is 8.91. The molecule has 3 aromatic rings. The highest BCUT2D eigenvalue weighted by atomic mass is 15.2. The zero-order chi connectivity index (χ0) is 20.8. The van der Waals surface area contributed by atoms with Gasteiger partial charge in [-0.1, -0.05) is 0 Å². The molecule has 0 aliphatic heterocycles. The minimum Gasteiger partial charge on any atom is -0.329 e.